The smallest absolute Gasteiger partial charge is 0.260 e. The maximum atomic E-state index is 13.7. The number of hydrogen-bond acceptors (Lipinski definition) is 5. The maximum Gasteiger partial charge on any atom is 0.260 e. The van der Waals surface area contributed by atoms with Crippen molar-refractivity contribution in [2.75, 3.05) is 37.7 Å². The SMILES string of the molecule is CCOc1ccc2nc(N(CCN(CC)CC)C(=O)c3ccc4ccccc4c3)sc2c1. The molecule has 6 heteroatoms. The molecule has 5 nitrogen and oxygen atoms in total. The van der Waals surface area contributed by atoms with Crippen molar-refractivity contribution in [3.8, 4) is 5.75 Å². The lowest BCUT2D eigenvalue weighted by Crippen LogP contribution is -2.38. The van der Waals surface area contributed by atoms with Crippen LogP contribution in [0.3, 0.4) is 0 Å². The van der Waals surface area contributed by atoms with E-state index in [-0.39, 0.29) is 5.91 Å². The fraction of sp³-hybridized carbons (Fsp3) is 0.308. The molecule has 0 bridgehead atoms. The molecule has 0 aliphatic heterocycles. The number of ether oxygens (including phenoxy) is 1. The molecule has 1 amide bonds. The average Bonchev–Trinajstić information content (AvgIpc) is 3.24. The second-order valence-corrected chi connectivity index (χ2v) is 8.61. The summed E-state index contributed by atoms with van der Waals surface area (Å²) in [5, 5.41) is 2.91. The zero-order valence-corrected chi connectivity index (χ0v) is 19.7. The van der Waals surface area contributed by atoms with Crippen molar-refractivity contribution < 1.29 is 9.53 Å². The number of hydrogen-bond donors (Lipinski definition) is 0. The quantitative estimate of drug-likeness (QED) is 0.323. The number of fused-ring (bicyclic) bond motifs is 2. The highest BCUT2D eigenvalue weighted by Crippen LogP contribution is 2.32. The van der Waals surface area contributed by atoms with Crippen molar-refractivity contribution in [2.45, 2.75) is 20.8 Å². The molecule has 0 spiro atoms. The van der Waals surface area contributed by atoms with Crippen molar-refractivity contribution in [1.29, 1.82) is 0 Å². The Kier molecular flexibility index (Phi) is 7.02. The van der Waals surface area contributed by atoms with E-state index in [4.69, 9.17) is 9.72 Å². The van der Waals surface area contributed by atoms with Gasteiger partial charge in [0.2, 0.25) is 0 Å². The number of carbonyl (C=O) groups excluding carboxylic acids is 1. The van der Waals surface area contributed by atoms with Crippen molar-refractivity contribution in [2.24, 2.45) is 0 Å². The first-order chi connectivity index (χ1) is 15.6. The molecule has 4 rings (SSSR count). The Balaban J connectivity index is 1.70. The van der Waals surface area contributed by atoms with E-state index in [9.17, 15) is 4.79 Å². The van der Waals surface area contributed by atoms with Gasteiger partial charge in [-0.3, -0.25) is 9.69 Å². The molecule has 0 unspecified atom stereocenters. The van der Waals surface area contributed by atoms with Gasteiger partial charge in [-0.2, -0.15) is 0 Å². The van der Waals surface area contributed by atoms with Gasteiger partial charge in [-0.15, -0.1) is 0 Å². The molecule has 4 aromatic rings. The molecule has 32 heavy (non-hydrogen) atoms. The Morgan fingerprint density at radius 2 is 1.72 bits per heavy atom. The number of nitrogens with zero attached hydrogens (tertiary/aromatic N) is 3. The third-order valence-corrected chi connectivity index (χ3v) is 6.71. The molecule has 0 saturated carbocycles. The minimum absolute atomic E-state index is 0.0213. The van der Waals surface area contributed by atoms with Crippen LogP contribution in [0.5, 0.6) is 5.75 Å². The van der Waals surface area contributed by atoms with Crippen molar-refractivity contribution in [1.82, 2.24) is 9.88 Å². The molecule has 1 aromatic heterocycles. The first-order valence-electron chi connectivity index (χ1n) is 11.2. The highest BCUT2D eigenvalue weighted by Gasteiger charge is 2.22. The van der Waals surface area contributed by atoms with Crippen LogP contribution in [-0.4, -0.2) is 48.6 Å². The number of aromatic nitrogens is 1. The van der Waals surface area contributed by atoms with E-state index in [1.165, 1.54) is 11.3 Å². The van der Waals surface area contributed by atoms with Gasteiger partial charge in [-0.05, 0) is 61.1 Å². The Morgan fingerprint density at radius 3 is 2.47 bits per heavy atom. The Morgan fingerprint density at radius 1 is 0.938 bits per heavy atom. The zero-order chi connectivity index (χ0) is 22.5. The summed E-state index contributed by atoms with van der Waals surface area (Å²) in [6, 6.07) is 19.9. The molecule has 0 radical (unpaired) electrons. The predicted molar refractivity (Wildman–Crippen MR) is 134 cm³/mol. The first-order valence-corrected chi connectivity index (χ1v) is 12.0. The fourth-order valence-electron chi connectivity index (χ4n) is 3.81. The van der Waals surface area contributed by atoms with Crippen molar-refractivity contribution in [3.63, 3.8) is 0 Å². The number of rotatable bonds is 9. The van der Waals surface area contributed by atoms with Crippen LogP contribution in [-0.2, 0) is 0 Å². The van der Waals surface area contributed by atoms with Gasteiger partial charge in [0.05, 0.1) is 16.8 Å². The highest BCUT2D eigenvalue weighted by molar-refractivity contribution is 7.22. The van der Waals surface area contributed by atoms with E-state index >= 15 is 0 Å². The standard InChI is InChI=1S/C26H29N3O2S/c1-4-28(5-2)15-16-29(25(30)21-12-11-19-9-7-8-10-20(19)17-21)26-27-23-14-13-22(31-6-3)18-24(23)32-26/h7-14,17-18H,4-6,15-16H2,1-3H3. The lowest BCUT2D eigenvalue weighted by atomic mass is 10.1. The largest absolute Gasteiger partial charge is 0.494 e. The summed E-state index contributed by atoms with van der Waals surface area (Å²) in [6.45, 7) is 10.2. The van der Waals surface area contributed by atoms with Gasteiger partial charge in [0.1, 0.15) is 5.75 Å². The normalized spacial score (nSPS) is 11.4. The van der Waals surface area contributed by atoms with Gasteiger partial charge < -0.3 is 9.64 Å². The summed E-state index contributed by atoms with van der Waals surface area (Å²) in [6.07, 6.45) is 0. The molecule has 0 atom stereocenters. The molecular formula is C26H29N3O2S. The van der Waals surface area contributed by atoms with Gasteiger partial charge in [-0.1, -0.05) is 55.5 Å². The average molecular weight is 448 g/mol. The molecule has 166 valence electrons. The van der Waals surface area contributed by atoms with Crippen molar-refractivity contribution in [3.05, 3.63) is 66.2 Å². The molecule has 1 heterocycles. The lowest BCUT2D eigenvalue weighted by Gasteiger charge is -2.24. The number of anilines is 1. The molecule has 0 fully saturated rings. The number of benzene rings is 3. The second-order valence-electron chi connectivity index (χ2n) is 7.60. The number of carbonyl (C=O) groups is 1. The van der Waals surface area contributed by atoms with E-state index < -0.39 is 0 Å². The van der Waals surface area contributed by atoms with Gasteiger partial charge in [0.25, 0.3) is 5.91 Å². The van der Waals surface area contributed by atoms with E-state index in [1.54, 1.807) is 0 Å². The molecule has 0 aliphatic carbocycles. The molecule has 0 N–H and O–H groups in total. The van der Waals surface area contributed by atoms with Gasteiger partial charge >= 0.3 is 0 Å². The summed E-state index contributed by atoms with van der Waals surface area (Å²) >= 11 is 1.53. The number of likely N-dealkylation sites (N-methyl/N-ethyl adjacent to an activating group) is 1. The predicted octanol–water partition coefficient (Wildman–Crippen LogP) is 5.84. The van der Waals surface area contributed by atoms with Gasteiger partial charge in [0.15, 0.2) is 5.13 Å². The summed E-state index contributed by atoms with van der Waals surface area (Å²) < 4.78 is 6.66. The number of amides is 1. The third kappa shape index (κ3) is 4.76. The van der Waals surface area contributed by atoms with Crippen LogP contribution in [0, 0.1) is 0 Å². The number of thiazole rings is 1. The summed E-state index contributed by atoms with van der Waals surface area (Å²) in [7, 11) is 0. The Bertz CT molecular complexity index is 1220. The van der Waals surface area contributed by atoms with E-state index in [2.05, 4.69) is 24.8 Å². The van der Waals surface area contributed by atoms with Gasteiger partial charge in [0, 0.05) is 18.7 Å². The first kappa shape index (κ1) is 22.2. The Labute approximate surface area is 193 Å². The van der Waals surface area contributed by atoms with Crippen LogP contribution in [0.1, 0.15) is 31.1 Å². The molecule has 3 aromatic carbocycles. The minimum atomic E-state index is -0.0213. The summed E-state index contributed by atoms with van der Waals surface area (Å²) in [4.78, 5) is 22.6. The Hall–Kier alpha value is -2.96. The van der Waals surface area contributed by atoms with Crippen LogP contribution < -0.4 is 9.64 Å². The topological polar surface area (TPSA) is 45.7 Å². The third-order valence-electron chi connectivity index (χ3n) is 5.67. The fourth-order valence-corrected chi connectivity index (χ4v) is 4.83. The van der Waals surface area contributed by atoms with E-state index in [0.717, 1.165) is 51.5 Å². The van der Waals surface area contributed by atoms with Gasteiger partial charge in [-0.25, -0.2) is 4.98 Å². The van der Waals surface area contributed by atoms with E-state index in [1.807, 2.05) is 66.4 Å². The molecular weight excluding hydrogens is 418 g/mol. The van der Waals surface area contributed by atoms with Crippen LogP contribution >= 0.6 is 11.3 Å². The summed E-state index contributed by atoms with van der Waals surface area (Å²) in [5.41, 5.74) is 1.56. The molecule has 0 aliphatic rings. The van der Waals surface area contributed by atoms with Crippen LogP contribution in [0.4, 0.5) is 5.13 Å². The molecule has 0 saturated heterocycles. The second kappa shape index (κ2) is 10.1. The summed E-state index contributed by atoms with van der Waals surface area (Å²) in [5.74, 6) is 0.803. The zero-order valence-electron chi connectivity index (χ0n) is 18.9. The lowest BCUT2D eigenvalue weighted by molar-refractivity contribution is 0.0984. The van der Waals surface area contributed by atoms with E-state index in [0.29, 0.717) is 18.7 Å². The highest BCUT2D eigenvalue weighted by atomic mass is 32.1. The van der Waals surface area contributed by atoms with Crippen LogP contribution in [0.15, 0.2) is 60.7 Å². The monoisotopic (exact) mass is 447 g/mol. The van der Waals surface area contributed by atoms with Crippen molar-refractivity contribution >= 4 is 43.4 Å². The van der Waals surface area contributed by atoms with Crippen LogP contribution in [0.2, 0.25) is 0 Å². The maximum absolute atomic E-state index is 13.7. The minimum Gasteiger partial charge on any atom is -0.494 e. The van der Waals surface area contributed by atoms with Crippen LogP contribution in [0.25, 0.3) is 21.0 Å².